The SMILES string of the molecule is C=CCC1(C(=O)NC2CCN(C(=O)OC(C)(C)C)CC2)CCCC1. The van der Waals surface area contributed by atoms with Crippen molar-refractivity contribution in [3.63, 3.8) is 0 Å². The number of carbonyl (C=O) groups is 2. The van der Waals surface area contributed by atoms with Gasteiger partial charge in [0.2, 0.25) is 5.91 Å². The van der Waals surface area contributed by atoms with Crippen LogP contribution in [0, 0.1) is 5.41 Å². The maximum Gasteiger partial charge on any atom is 0.410 e. The van der Waals surface area contributed by atoms with Gasteiger partial charge in [-0.3, -0.25) is 4.79 Å². The molecule has 1 aliphatic heterocycles. The molecule has 0 bridgehead atoms. The van der Waals surface area contributed by atoms with Gasteiger partial charge in [-0.25, -0.2) is 4.79 Å². The average Bonchev–Trinajstić information content (AvgIpc) is 2.96. The van der Waals surface area contributed by atoms with E-state index in [1.807, 2.05) is 26.8 Å². The van der Waals surface area contributed by atoms with Crippen LogP contribution in [0.25, 0.3) is 0 Å². The van der Waals surface area contributed by atoms with Crippen molar-refractivity contribution in [2.24, 2.45) is 5.41 Å². The highest BCUT2D eigenvalue weighted by Crippen LogP contribution is 2.41. The van der Waals surface area contributed by atoms with Crippen LogP contribution in [-0.4, -0.2) is 41.6 Å². The third-order valence-electron chi connectivity index (χ3n) is 5.06. The molecule has 0 aromatic carbocycles. The highest BCUT2D eigenvalue weighted by atomic mass is 16.6. The van der Waals surface area contributed by atoms with E-state index in [4.69, 9.17) is 4.74 Å². The lowest BCUT2D eigenvalue weighted by atomic mass is 9.81. The van der Waals surface area contributed by atoms with Gasteiger partial charge < -0.3 is 15.0 Å². The van der Waals surface area contributed by atoms with Crippen LogP contribution in [0.5, 0.6) is 0 Å². The largest absolute Gasteiger partial charge is 0.444 e. The van der Waals surface area contributed by atoms with E-state index in [0.717, 1.165) is 44.9 Å². The molecule has 24 heavy (non-hydrogen) atoms. The van der Waals surface area contributed by atoms with Crippen molar-refractivity contribution in [3.8, 4) is 0 Å². The van der Waals surface area contributed by atoms with Crippen LogP contribution in [-0.2, 0) is 9.53 Å². The molecule has 0 unspecified atom stereocenters. The number of amides is 2. The van der Waals surface area contributed by atoms with Crippen LogP contribution in [0.4, 0.5) is 4.79 Å². The Morgan fingerprint density at radius 2 is 1.83 bits per heavy atom. The molecule has 1 N–H and O–H groups in total. The molecule has 0 aromatic heterocycles. The van der Waals surface area contributed by atoms with Gasteiger partial charge in [0, 0.05) is 19.1 Å². The quantitative estimate of drug-likeness (QED) is 0.797. The van der Waals surface area contributed by atoms with Gasteiger partial charge in [-0.05, 0) is 52.9 Å². The number of piperidine rings is 1. The van der Waals surface area contributed by atoms with E-state index in [0.29, 0.717) is 13.1 Å². The molecule has 5 nitrogen and oxygen atoms in total. The second-order valence-corrected chi connectivity index (χ2v) is 8.20. The van der Waals surface area contributed by atoms with Gasteiger partial charge in [0.05, 0.1) is 5.41 Å². The number of allylic oxidation sites excluding steroid dienone is 1. The van der Waals surface area contributed by atoms with E-state index in [1.165, 1.54) is 0 Å². The molecular weight excluding hydrogens is 304 g/mol. The van der Waals surface area contributed by atoms with Crippen molar-refractivity contribution in [1.29, 1.82) is 0 Å². The normalized spacial score (nSPS) is 21.4. The number of rotatable bonds is 4. The van der Waals surface area contributed by atoms with Crippen molar-refractivity contribution >= 4 is 12.0 Å². The predicted octanol–water partition coefficient (Wildman–Crippen LogP) is 3.64. The minimum absolute atomic E-state index is 0.151. The summed E-state index contributed by atoms with van der Waals surface area (Å²) in [6, 6.07) is 0.151. The third-order valence-corrected chi connectivity index (χ3v) is 5.06. The molecule has 0 spiro atoms. The Morgan fingerprint density at radius 3 is 2.33 bits per heavy atom. The van der Waals surface area contributed by atoms with Crippen LogP contribution in [0.15, 0.2) is 12.7 Å². The van der Waals surface area contributed by atoms with Crippen LogP contribution >= 0.6 is 0 Å². The first-order valence-electron chi connectivity index (χ1n) is 9.15. The molecule has 1 heterocycles. The topological polar surface area (TPSA) is 58.6 Å². The van der Waals surface area contributed by atoms with Crippen molar-refractivity contribution < 1.29 is 14.3 Å². The number of nitrogens with zero attached hydrogens (tertiary/aromatic N) is 1. The van der Waals surface area contributed by atoms with Gasteiger partial charge in [-0.1, -0.05) is 18.9 Å². The maximum absolute atomic E-state index is 12.8. The van der Waals surface area contributed by atoms with Gasteiger partial charge in [-0.2, -0.15) is 0 Å². The van der Waals surface area contributed by atoms with Gasteiger partial charge in [-0.15, -0.1) is 6.58 Å². The Labute approximate surface area is 145 Å². The Bertz CT molecular complexity index is 467. The standard InChI is InChI=1S/C19H32N2O3/c1-5-10-19(11-6-7-12-19)16(22)20-15-8-13-21(14-9-15)17(23)24-18(2,3)4/h5,15H,1,6-14H2,2-4H3,(H,20,22). The minimum atomic E-state index is -0.471. The van der Waals surface area contributed by atoms with Crippen LogP contribution < -0.4 is 5.32 Å². The van der Waals surface area contributed by atoms with Crippen molar-refractivity contribution in [2.75, 3.05) is 13.1 Å². The highest BCUT2D eigenvalue weighted by Gasteiger charge is 2.41. The molecule has 2 rings (SSSR count). The molecular formula is C19H32N2O3. The fraction of sp³-hybridized carbons (Fsp3) is 0.789. The molecule has 2 amide bonds. The molecule has 2 fully saturated rings. The summed E-state index contributed by atoms with van der Waals surface area (Å²) in [5.41, 5.74) is -0.717. The zero-order valence-electron chi connectivity index (χ0n) is 15.4. The van der Waals surface area contributed by atoms with E-state index in [9.17, 15) is 9.59 Å². The smallest absolute Gasteiger partial charge is 0.410 e. The zero-order valence-corrected chi connectivity index (χ0v) is 15.4. The number of nitrogens with one attached hydrogen (secondary N) is 1. The predicted molar refractivity (Wildman–Crippen MR) is 94.7 cm³/mol. The van der Waals surface area contributed by atoms with Gasteiger partial charge in [0.1, 0.15) is 5.60 Å². The van der Waals surface area contributed by atoms with E-state index >= 15 is 0 Å². The number of ether oxygens (including phenoxy) is 1. The summed E-state index contributed by atoms with van der Waals surface area (Å²) in [6.07, 6.45) is 8.11. The molecule has 0 atom stereocenters. The lowest BCUT2D eigenvalue weighted by Gasteiger charge is -2.35. The summed E-state index contributed by atoms with van der Waals surface area (Å²) in [5.74, 6) is 0.176. The minimum Gasteiger partial charge on any atom is -0.444 e. The lowest BCUT2D eigenvalue weighted by Crippen LogP contribution is -2.50. The summed E-state index contributed by atoms with van der Waals surface area (Å²) in [7, 11) is 0. The summed E-state index contributed by atoms with van der Waals surface area (Å²) in [6.45, 7) is 10.7. The number of hydrogen-bond donors (Lipinski definition) is 1. The Hall–Kier alpha value is -1.52. The summed E-state index contributed by atoms with van der Waals surface area (Å²) in [4.78, 5) is 26.6. The second-order valence-electron chi connectivity index (χ2n) is 8.20. The number of hydrogen-bond acceptors (Lipinski definition) is 3. The monoisotopic (exact) mass is 336 g/mol. The molecule has 136 valence electrons. The van der Waals surface area contributed by atoms with Crippen molar-refractivity contribution in [1.82, 2.24) is 10.2 Å². The Kier molecular flexibility index (Phi) is 5.94. The number of likely N-dealkylation sites (tertiary alicyclic amines) is 1. The van der Waals surface area contributed by atoms with Crippen LogP contribution in [0.2, 0.25) is 0 Å². The van der Waals surface area contributed by atoms with Gasteiger partial charge in [0.15, 0.2) is 0 Å². The summed E-state index contributed by atoms with van der Waals surface area (Å²) in [5, 5.41) is 3.23. The van der Waals surface area contributed by atoms with Gasteiger partial charge in [0.25, 0.3) is 0 Å². The van der Waals surface area contributed by atoms with Crippen molar-refractivity contribution in [3.05, 3.63) is 12.7 Å². The van der Waals surface area contributed by atoms with E-state index in [-0.39, 0.29) is 23.5 Å². The first kappa shape index (κ1) is 18.8. The van der Waals surface area contributed by atoms with Gasteiger partial charge >= 0.3 is 6.09 Å². The fourth-order valence-corrected chi connectivity index (χ4v) is 3.72. The molecule has 1 aliphatic carbocycles. The summed E-state index contributed by atoms with van der Waals surface area (Å²) < 4.78 is 5.41. The van der Waals surface area contributed by atoms with E-state index < -0.39 is 5.60 Å². The first-order chi connectivity index (χ1) is 11.3. The maximum atomic E-state index is 12.8. The fourth-order valence-electron chi connectivity index (χ4n) is 3.72. The summed E-state index contributed by atoms with van der Waals surface area (Å²) >= 11 is 0. The number of carbonyl (C=O) groups excluding carboxylic acids is 2. The average molecular weight is 336 g/mol. The molecule has 2 aliphatic rings. The zero-order chi connectivity index (χ0) is 17.8. The molecule has 0 radical (unpaired) electrons. The second kappa shape index (κ2) is 7.58. The molecule has 0 aromatic rings. The molecule has 1 saturated carbocycles. The Balaban J connectivity index is 1.83. The third kappa shape index (κ3) is 4.74. The van der Waals surface area contributed by atoms with E-state index in [2.05, 4.69) is 11.9 Å². The lowest BCUT2D eigenvalue weighted by molar-refractivity contribution is -0.131. The van der Waals surface area contributed by atoms with Crippen molar-refractivity contribution in [2.45, 2.75) is 77.4 Å². The van der Waals surface area contributed by atoms with Crippen LogP contribution in [0.3, 0.4) is 0 Å². The first-order valence-corrected chi connectivity index (χ1v) is 9.15. The Morgan fingerprint density at radius 1 is 1.25 bits per heavy atom. The molecule has 5 heteroatoms. The van der Waals surface area contributed by atoms with Crippen LogP contribution in [0.1, 0.15) is 65.7 Å². The molecule has 1 saturated heterocycles. The van der Waals surface area contributed by atoms with E-state index in [1.54, 1.807) is 4.90 Å². The highest BCUT2D eigenvalue weighted by molar-refractivity contribution is 5.83.